The van der Waals surface area contributed by atoms with Crippen molar-refractivity contribution in [2.24, 2.45) is 10.4 Å². The minimum Gasteiger partial charge on any atom is -0.365 e. The molecule has 0 aromatic rings. The summed E-state index contributed by atoms with van der Waals surface area (Å²) in [4.78, 5) is 4.68. The van der Waals surface area contributed by atoms with E-state index in [1.807, 2.05) is 11.8 Å². The van der Waals surface area contributed by atoms with Crippen LogP contribution in [-0.4, -0.2) is 45.2 Å². The van der Waals surface area contributed by atoms with Crippen LogP contribution in [0.4, 0.5) is 0 Å². The third kappa shape index (κ3) is 5.26. The molecule has 1 saturated carbocycles. The van der Waals surface area contributed by atoms with Gasteiger partial charge in [-0.2, -0.15) is 0 Å². The Bertz CT molecular complexity index is 443. The first-order chi connectivity index (χ1) is 9.49. The van der Waals surface area contributed by atoms with E-state index >= 15 is 0 Å². The standard InChI is InChI=1S/C13H25N3O2S2/c1-20(17,18)16-9-5-8-14-12-15-10-13(11-19-12)6-3-2-4-7-13/h16H,2-11H2,1H3,(H,14,15). The van der Waals surface area contributed by atoms with Gasteiger partial charge >= 0.3 is 0 Å². The highest BCUT2D eigenvalue weighted by molar-refractivity contribution is 8.13. The van der Waals surface area contributed by atoms with E-state index in [1.165, 1.54) is 44.1 Å². The predicted octanol–water partition coefficient (Wildman–Crippen LogP) is 1.57. The summed E-state index contributed by atoms with van der Waals surface area (Å²) in [5.41, 5.74) is 0.464. The van der Waals surface area contributed by atoms with Crippen molar-refractivity contribution in [1.29, 1.82) is 0 Å². The maximum Gasteiger partial charge on any atom is 0.208 e. The summed E-state index contributed by atoms with van der Waals surface area (Å²) in [6.07, 6.45) is 8.72. The molecule has 20 heavy (non-hydrogen) atoms. The summed E-state index contributed by atoms with van der Waals surface area (Å²) in [6.45, 7) is 2.21. The van der Waals surface area contributed by atoms with Crippen LogP contribution in [-0.2, 0) is 10.0 Å². The number of hydrogen-bond acceptors (Lipinski definition) is 5. The maximum atomic E-state index is 10.9. The van der Waals surface area contributed by atoms with Crippen molar-refractivity contribution < 1.29 is 8.42 Å². The van der Waals surface area contributed by atoms with Gasteiger partial charge in [-0.05, 0) is 24.7 Å². The fourth-order valence-electron chi connectivity index (χ4n) is 2.80. The third-order valence-corrected chi connectivity index (χ3v) is 6.01. The molecule has 1 fully saturated rings. The molecule has 0 radical (unpaired) electrons. The molecule has 2 rings (SSSR count). The zero-order valence-corrected chi connectivity index (χ0v) is 13.8. The molecule has 0 unspecified atom stereocenters. The zero-order chi connectivity index (χ0) is 14.5. The molecular formula is C13H25N3O2S2. The predicted molar refractivity (Wildman–Crippen MR) is 85.7 cm³/mol. The summed E-state index contributed by atoms with van der Waals surface area (Å²) < 4.78 is 24.3. The molecule has 7 heteroatoms. The van der Waals surface area contributed by atoms with Gasteiger partial charge in [-0.15, -0.1) is 0 Å². The normalized spacial score (nSPS) is 22.6. The van der Waals surface area contributed by atoms with E-state index in [0.717, 1.165) is 24.7 Å². The summed E-state index contributed by atoms with van der Waals surface area (Å²) in [7, 11) is -3.06. The average Bonchev–Trinajstić information content (AvgIpc) is 2.40. The molecule has 0 atom stereocenters. The van der Waals surface area contributed by atoms with Crippen molar-refractivity contribution in [3.63, 3.8) is 0 Å². The fraction of sp³-hybridized carbons (Fsp3) is 0.923. The molecule has 0 saturated heterocycles. The van der Waals surface area contributed by atoms with Gasteiger partial charge in [-0.25, -0.2) is 13.1 Å². The highest BCUT2D eigenvalue weighted by atomic mass is 32.2. The summed E-state index contributed by atoms with van der Waals surface area (Å²) >= 11 is 1.83. The van der Waals surface area contributed by atoms with E-state index < -0.39 is 10.0 Å². The first kappa shape index (κ1) is 16.1. The number of hydrogen-bond donors (Lipinski definition) is 2. The number of amidine groups is 1. The number of rotatable bonds is 5. The number of nitrogens with zero attached hydrogens (tertiary/aromatic N) is 1. The van der Waals surface area contributed by atoms with Crippen LogP contribution in [0.5, 0.6) is 0 Å². The molecule has 2 N–H and O–H groups in total. The highest BCUT2D eigenvalue weighted by Gasteiger charge is 2.34. The lowest BCUT2D eigenvalue weighted by Crippen LogP contribution is -2.37. The van der Waals surface area contributed by atoms with Crippen LogP contribution in [0, 0.1) is 5.41 Å². The monoisotopic (exact) mass is 319 g/mol. The van der Waals surface area contributed by atoms with Gasteiger partial charge in [0.2, 0.25) is 10.0 Å². The van der Waals surface area contributed by atoms with Gasteiger partial charge in [0, 0.05) is 25.4 Å². The quantitative estimate of drug-likeness (QED) is 0.755. The van der Waals surface area contributed by atoms with Crippen molar-refractivity contribution in [3.8, 4) is 0 Å². The van der Waals surface area contributed by atoms with Crippen molar-refractivity contribution in [1.82, 2.24) is 10.0 Å². The SMILES string of the molecule is CS(=O)(=O)NCCCNC1=NCC2(CCCCC2)CS1. The van der Waals surface area contributed by atoms with Crippen LogP contribution in [0.25, 0.3) is 0 Å². The summed E-state index contributed by atoms with van der Waals surface area (Å²) in [5, 5.41) is 4.34. The zero-order valence-electron chi connectivity index (χ0n) is 12.2. The Hall–Kier alpha value is -0.270. The second-order valence-corrected chi connectivity index (χ2v) is 8.71. The van der Waals surface area contributed by atoms with E-state index in [4.69, 9.17) is 0 Å². The average molecular weight is 319 g/mol. The van der Waals surface area contributed by atoms with Crippen LogP contribution in [0.1, 0.15) is 38.5 Å². The number of thioether (sulfide) groups is 1. The lowest BCUT2D eigenvalue weighted by molar-refractivity contribution is 0.232. The van der Waals surface area contributed by atoms with E-state index in [-0.39, 0.29) is 0 Å². The van der Waals surface area contributed by atoms with Crippen molar-refractivity contribution >= 4 is 27.0 Å². The van der Waals surface area contributed by atoms with Gasteiger partial charge in [0.15, 0.2) is 5.17 Å². The van der Waals surface area contributed by atoms with Crippen molar-refractivity contribution in [2.45, 2.75) is 38.5 Å². The molecule has 1 aliphatic heterocycles. The van der Waals surface area contributed by atoms with Gasteiger partial charge in [-0.1, -0.05) is 31.0 Å². The molecule has 0 bridgehead atoms. The van der Waals surface area contributed by atoms with Gasteiger partial charge in [0.1, 0.15) is 0 Å². The first-order valence-corrected chi connectivity index (χ1v) is 10.2. The molecule has 1 aliphatic carbocycles. The van der Waals surface area contributed by atoms with E-state index in [9.17, 15) is 8.42 Å². The molecule has 5 nitrogen and oxygen atoms in total. The first-order valence-electron chi connectivity index (χ1n) is 7.35. The Morgan fingerprint density at radius 1 is 1.25 bits per heavy atom. The van der Waals surface area contributed by atoms with E-state index in [1.54, 1.807) is 0 Å². The molecule has 2 aliphatic rings. The molecule has 0 amide bonds. The minimum atomic E-state index is -3.06. The topological polar surface area (TPSA) is 70.6 Å². The van der Waals surface area contributed by atoms with E-state index in [0.29, 0.717) is 12.0 Å². The molecule has 0 aromatic heterocycles. The van der Waals surface area contributed by atoms with Crippen molar-refractivity contribution in [3.05, 3.63) is 0 Å². The Labute approximate surface area is 126 Å². The van der Waals surface area contributed by atoms with E-state index in [2.05, 4.69) is 15.0 Å². The number of aliphatic imine (C=N–C) groups is 1. The van der Waals surface area contributed by atoms with Crippen LogP contribution >= 0.6 is 11.8 Å². The second kappa shape index (κ2) is 7.13. The minimum absolute atomic E-state index is 0.464. The van der Waals surface area contributed by atoms with Crippen LogP contribution in [0.2, 0.25) is 0 Å². The third-order valence-electron chi connectivity index (χ3n) is 3.98. The maximum absolute atomic E-state index is 10.9. The Balaban J connectivity index is 1.65. The van der Waals surface area contributed by atoms with Crippen LogP contribution < -0.4 is 10.0 Å². The second-order valence-electron chi connectivity index (χ2n) is 5.92. The molecule has 1 heterocycles. The Morgan fingerprint density at radius 2 is 2.00 bits per heavy atom. The van der Waals surface area contributed by atoms with Gasteiger partial charge < -0.3 is 5.32 Å². The molecule has 1 spiro atoms. The summed E-state index contributed by atoms with van der Waals surface area (Å²) in [6, 6.07) is 0. The highest BCUT2D eigenvalue weighted by Crippen LogP contribution is 2.41. The Morgan fingerprint density at radius 3 is 2.60 bits per heavy atom. The molecular weight excluding hydrogens is 294 g/mol. The summed E-state index contributed by atoms with van der Waals surface area (Å²) in [5.74, 6) is 1.18. The largest absolute Gasteiger partial charge is 0.365 e. The van der Waals surface area contributed by atoms with Crippen LogP contribution in [0.15, 0.2) is 4.99 Å². The van der Waals surface area contributed by atoms with Crippen molar-refractivity contribution in [2.75, 3.05) is 31.6 Å². The smallest absolute Gasteiger partial charge is 0.208 e. The van der Waals surface area contributed by atoms with Crippen LogP contribution in [0.3, 0.4) is 0 Å². The fourth-order valence-corrected chi connectivity index (χ4v) is 4.50. The van der Waals surface area contributed by atoms with Gasteiger partial charge in [0.25, 0.3) is 0 Å². The number of sulfonamides is 1. The Kier molecular flexibility index (Phi) is 5.74. The lowest BCUT2D eigenvalue weighted by atomic mass is 9.75. The lowest BCUT2D eigenvalue weighted by Gasteiger charge is -2.38. The van der Waals surface area contributed by atoms with Gasteiger partial charge in [-0.3, -0.25) is 4.99 Å². The molecule has 116 valence electrons. The van der Waals surface area contributed by atoms with Gasteiger partial charge in [0.05, 0.1) is 6.26 Å². The number of nitrogens with one attached hydrogen (secondary N) is 2. The molecule has 0 aromatic carbocycles.